The summed E-state index contributed by atoms with van der Waals surface area (Å²) in [5.74, 6) is 0.706. The monoisotopic (exact) mass is 752 g/mol. The van der Waals surface area contributed by atoms with Gasteiger partial charge in [0.05, 0.1) is 11.4 Å². The van der Waals surface area contributed by atoms with Crippen LogP contribution < -0.4 is 0 Å². The molecule has 0 fully saturated rings. The van der Waals surface area contributed by atoms with Gasteiger partial charge in [0.1, 0.15) is 0 Å². The van der Waals surface area contributed by atoms with Crippen molar-refractivity contribution in [2.75, 3.05) is 0 Å². The minimum absolute atomic E-state index is 0.0969. The number of hydrogen-bond acceptors (Lipinski definition) is 2. The topological polar surface area (TPSA) is 25.8 Å². The molecule has 2 nitrogen and oxygen atoms in total. The van der Waals surface area contributed by atoms with Crippen LogP contribution >= 0.6 is 0 Å². The van der Waals surface area contributed by atoms with Crippen molar-refractivity contribution < 1.29 is 0 Å². The molecule has 1 aliphatic carbocycles. The third-order valence-electron chi connectivity index (χ3n) is 12.3. The van der Waals surface area contributed by atoms with Gasteiger partial charge in [-0.25, -0.2) is 9.97 Å². The quantitative estimate of drug-likeness (QED) is 0.169. The summed E-state index contributed by atoms with van der Waals surface area (Å²) in [6, 6.07) is 74.3. The Bertz CT molecular complexity index is 3230. The molecule has 2 heteroatoms. The Balaban J connectivity index is 1.05. The summed E-state index contributed by atoms with van der Waals surface area (Å²) in [7, 11) is 0. The Morgan fingerprint density at radius 2 is 0.864 bits per heavy atom. The van der Waals surface area contributed by atoms with Crippen LogP contribution in [0.2, 0.25) is 0 Å². The zero-order chi connectivity index (χ0) is 39.5. The Hall–Kier alpha value is -7.42. The Morgan fingerprint density at radius 1 is 0.322 bits per heavy atom. The molecule has 0 atom stereocenters. The molecule has 9 aromatic carbocycles. The summed E-state index contributed by atoms with van der Waals surface area (Å²) >= 11 is 0. The van der Waals surface area contributed by atoms with Crippen LogP contribution in [0, 0.1) is 0 Å². The first-order chi connectivity index (χ1) is 29.0. The molecule has 10 aromatic rings. The molecule has 0 unspecified atom stereocenters. The van der Waals surface area contributed by atoms with E-state index in [4.69, 9.17) is 9.97 Å². The molecule has 0 amide bonds. The highest BCUT2D eigenvalue weighted by atomic mass is 14.9. The zero-order valence-electron chi connectivity index (χ0n) is 33.0. The standard InChI is InChI=1S/C57H40N2/c1-57(2)50-29-15-28-46(55(50)54-45-25-10-9-18-38(45)30-33-51(54)57)42-23-14-22-41(35-42)44-31-32-49(48-27-12-11-26-47(44)48)53-36-52(58-56(59-53)39-19-7-4-8-20-39)43-24-13-21-40(34-43)37-16-5-3-6-17-37/h3-36H,1-2H3. The largest absolute Gasteiger partial charge is 0.228 e. The van der Waals surface area contributed by atoms with E-state index in [0.29, 0.717) is 5.82 Å². The molecule has 0 N–H and O–H groups in total. The third kappa shape index (κ3) is 5.87. The van der Waals surface area contributed by atoms with Gasteiger partial charge in [-0.05, 0) is 95.4 Å². The van der Waals surface area contributed by atoms with Gasteiger partial charge in [-0.1, -0.05) is 202 Å². The molecular formula is C57H40N2. The van der Waals surface area contributed by atoms with Gasteiger partial charge in [-0.3, -0.25) is 0 Å². The van der Waals surface area contributed by atoms with E-state index in [1.807, 2.05) is 18.2 Å². The predicted molar refractivity (Wildman–Crippen MR) is 247 cm³/mol. The lowest BCUT2D eigenvalue weighted by Crippen LogP contribution is -2.14. The molecule has 11 rings (SSSR count). The van der Waals surface area contributed by atoms with Gasteiger partial charge < -0.3 is 0 Å². The van der Waals surface area contributed by atoms with Crippen molar-refractivity contribution in [3.05, 3.63) is 217 Å². The lowest BCUT2D eigenvalue weighted by atomic mass is 9.81. The molecule has 0 radical (unpaired) electrons. The molecule has 0 bridgehead atoms. The summed E-state index contributed by atoms with van der Waals surface area (Å²) in [4.78, 5) is 10.4. The van der Waals surface area contributed by atoms with Crippen LogP contribution in [0.5, 0.6) is 0 Å². The van der Waals surface area contributed by atoms with E-state index in [1.165, 1.54) is 66.2 Å². The fraction of sp³-hybridized carbons (Fsp3) is 0.0526. The summed E-state index contributed by atoms with van der Waals surface area (Å²) in [6.07, 6.45) is 0. The third-order valence-corrected chi connectivity index (χ3v) is 12.3. The van der Waals surface area contributed by atoms with Crippen molar-refractivity contribution >= 4 is 21.5 Å². The van der Waals surface area contributed by atoms with Gasteiger partial charge in [0.2, 0.25) is 0 Å². The van der Waals surface area contributed by atoms with E-state index in [0.717, 1.165) is 39.0 Å². The van der Waals surface area contributed by atoms with E-state index in [2.05, 4.69) is 202 Å². The molecule has 0 aliphatic heterocycles. The molecule has 1 aromatic heterocycles. The summed E-state index contributed by atoms with van der Waals surface area (Å²) in [6.45, 7) is 4.73. The normalized spacial score (nSPS) is 12.7. The molecular weight excluding hydrogens is 713 g/mol. The summed E-state index contributed by atoms with van der Waals surface area (Å²) in [5.41, 5.74) is 17.5. The maximum Gasteiger partial charge on any atom is 0.160 e. The van der Waals surface area contributed by atoms with Crippen LogP contribution in [-0.4, -0.2) is 9.97 Å². The second-order valence-electron chi connectivity index (χ2n) is 16.1. The van der Waals surface area contributed by atoms with Crippen LogP contribution in [-0.2, 0) is 5.41 Å². The molecule has 1 heterocycles. The van der Waals surface area contributed by atoms with Crippen molar-refractivity contribution in [2.45, 2.75) is 19.3 Å². The highest BCUT2D eigenvalue weighted by Crippen LogP contribution is 2.54. The van der Waals surface area contributed by atoms with Gasteiger partial charge >= 0.3 is 0 Å². The number of aromatic nitrogens is 2. The van der Waals surface area contributed by atoms with E-state index in [1.54, 1.807) is 0 Å². The molecule has 278 valence electrons. The Morgan fingerprint density at radius 3 is 1.64 bits per heavy atom. The van der Waals surface area contributed by atoms with Crippen LogP contribution in [0.3, 0.4) is 0 Å². The average Bonchev–Trinajstić information content (AvgIpc) is 3.55. The number of benzene rings is 9. The maximum absolute atomic E-state index is 5.26. The smallest absolute Gasteiger partial charge is 0.160 e. The minimum atomic E-state index is -0.0969. The summed E-state index contributed by atoms with van der Waals surface area (Å²) in [5, 5.41) is 4.93. The van der Waals surface area contributed by atoms with Crippen LogP contribution in [0.25, 0.3) is 100.0 Å². The van der Waals surface area contributed by atoms with Crippen molar-refractivity contribution in [3.8, 4) is 78.4 Å². The van der Waals surface area contributed by atoms with Crippen LogP contribution in [0.15, 0.2) is 206 Å². The van der Waals surface area contributed by atoms with E-state index in [9.17, 15) is 0 Å². The van der Waals surface area contributed by atoms with Crippen molar-refractivity contribution in [1.29, 1.82) is 0 Å². The molecule has 1 aliphatic rings. The first-order valence-electron chi connectivity index (χ1n) is 20.4. The fourth-order valence-electron chi connectivity index (χ4n) is 9.36. The van der Waals surface area contributed by atoms with Crippen LogP contribution in [0.1, 0.15) is 25.0 Å². The SMILES string of the molecule is CC1(C)c2cccc(-c3cccc(-c4ccc(-c5cc(-c6cccc(-c7ccccc7)c6)nc(-c6ccccc6)n5)c5ccccc45)c3)c2-c2c1ccc1ccccc21. The molecule has 0 spiro atoms. The number of fused-ring (bicyclic) bond motifs is 6. The van der Waals surface area contributed by atoms with Gasteiger partial charge in [0.15, 0.2) is 5.82 Å². The average molecular weight is 753 g/mol. The highest BCUT2D eigenvalue weighted by Gasteiger charge is 2.37. The lowest BCUT2D eigenvalue weighted by molar-refractivity contribution is 0.661. The first-order valence-corrected chi connectivity index (χ1v) is 20.4. The second kappa shape index (κ2) is 13.9. The zero-order valence-corrected chi connectivity index (χ0v) is 33.0. The Kier molecular flexibility index (Phi) is 8.20. The maximum atomic E-state index is 5.26. The highest BCUT2D eigenvalue weighted by molar-refractivity contribution is 6.08. The number of hydrogen-bond donors (Lipinski definition) is 0. The molecule has 0 saturated heterocycles. The fourth-order valence-corrected chi connectivity index (χ4v) is 9.36. The minimum Gasteiger partial charge on any atom is -0.228 e. The van der Waals surface area contributed by atoms with Crippen molar-refractivity contribution in [3.63, 3.8) is 0 Å². The molecule has 0 saturated carbocycles. The van der Waals surface area contributed by atoms with Gasteiger partial charge in [-0.15, -0.1) is 0 Å². The predicted octanol–water partition coefficient (Wildman–Crippen LogP) is 15.1. The number of nitrogens with zero attached hydrogens (tertiary/aromatic N) is 2. The van der Waals surface area contributed by atoms with Gasteiger partial charge in [0, 0.05) is 22.1 Å². The second-order valence-corrected chi connectivity index (χ2v) is 16.1. The Labute approximate surface area is 345 Å². The lowest BCUT2D eigenvalue weighted by Gasteiger charge is -2.21. The van der Waals surface area contributed by atoms with Gasteiger partial charge in [-0.2, -0.15) is 0 Å². The van der Waals surface area contributed by atoms with Crippen molar-refractivity contribution in [2.24, 2.45) is 0 Å². The van der Waals surface area contributed by atoms with E-state index in [-0.39, 0.29) is 5.41 Å². The van der Waals surface area contributed by atoms with Crippen LogP contribution in [0.4, 0.5) is 0 Å². The summed E-state index contributed by atoms with van der Waals surface area (Å²) < 4.78 is 0. The first kappa shape index (κ1) is 34.8. The number of rotatable bonds is 6. The van der Waals surface area contributed by atoms with Gasteiger partial charge in [0.25, 0.3) is 0 Å². The van der Waals surface area contributed by atoms with E-state index < -0.39 is 0 Å². The van der Waals surface area contributed by atoms with E-state index >= 15 is 0 Å². The van der Waals surface area contributed by atoms with Crippen molar-refractivity contribution in [1.82, 2.24) is 9.97 Å². The molecule has 59 heavy (non-hydrogen) atoms.